The molecule has 1 amide bonds. The summed E-state index contributed by atoms with van der Waals surface area (Å²) in [5.74, 6) is -0.581. The summed E-state index contributed by atoms with van der Waals surface area (Å²) in [6.45, 7) is 9.71. The summed E-state index contributed by atoms with van der Waals surface area (Å²) in [6, 6.07) is 14.3. The number of hydrazine groups is 1. The smallest absolute Gasteiger partial charge is 0.324 e. The molecule has 10 heteroatoms. The molecule has 4 heterocycles. The highest BCUT2D eigenvalue weighted by Gasteiger charge is 2.34. The van der Waals surface area contributed by atoms with Crippen LogP contribution in [0.5, 0.6) is 5.75 Å². The van der Waals surface area contributed by atoms with Gasteiger partial charge in [0.2, 0.25) is 0 Å². The van der Waals surface area contributed by atoms with Crippen LogP contribution in [0.3, 0.4) is 0 Å². The van der Waals surface area contributed by atoms with E-state index in [9.17, 15) is 14.7 Å². The molecule has 4 N–H and O–H groups in total. The number of phenols is 1. The van der Waals surface area contributed by atoms with Crippen molar-refractivity contribution in [3.8, 4) is 28.1 Å². The van der Waals surface area contributed by atoms with Crippen LogP contribution < -0.4 is 11.2 Å². The van der Waals surface area contributed by atoms with Gasteiger partial charge in [-0.1, -0.05) is 26.0 Å². The number of aromatic hydroxyl groups is 1. The zero-order valence-corrected chi connectivity index (χ0v) is 27.9. The van der Waals surface area contributed by atoms with E-state index in [1.165, 1.54) is 5.01 Å². The van der Waals surface area contributed by atoms with E-state index in [4.69, 9.17) is 20.2 Å². The molecule has 2 aromatic carbocycles. The van der Waals surface area contributed by atoms with E-state index >= 15 is 0 Å². The van der Waals surface area contributed by atoms with Crippen molar-refractivity contribution in [2.75, 3.05) is 20.3 Å². The molecule has 0 spiro atoms. The molecule has 0 radical (unpaired) electrons. The maximum absolute atomic E-state index is 13.4. The number of esters is 1. The number of hydrogen-bond acceptors (Lipinski definition) is 8. The highest BCUT2D eigenvalue weighted by atomic mass is 16.5. The number of benzene rings is 2. The Kier molecular flexibility index (Phi) is 9.11. The van der Waals surface area contributed by atoms with Gasteiger partial charge in [0.15, 0.2) is 0 Å². The summed E-state index contributed by atoms with van der Waals surface area (Å²) >= 11 is 0. The number of fused-ring (bicyclic) bond motifs is 6. The number of methoxy groups -OCH3 is 1. The second-order valence-electron chi connectivity index (χ2n) is 13.6. The maximum Gasteiger partial charge on any atom is 0.324 e. The minimum Gasteiger partial charge on any atom is -0.508 e. The zero-order chi connectivity index (χ0) is 33.5. The van der Waals surface area contributed by atoms with Crippen LogP contribution in [-0.4, -0.2) is 63.9 Å². The third-order valence-electron chi connectivity index (χ3n) is 9.40. The molecule has 2 aromatic heterocycles. The Hall–Kier alpha value is -4.25. The molecule has 1 saturated heterocycles. The van der Waals surface area contributed by atoms with Crippen molar-refractivity contribution in [3.63, 3.8) is 0 Å². The number of pyridine rings is 1. The number of nitrogens with one attached hydrogen (secondary N) is 1. The number of carbonyl (C=O) groups is 2. The van der Waals surface area contributed by atoms with Gasteiger partial charge in [-0.15, -0.1) is 0 Å². The minimum absolute atomic E-state index is 0.104. The fourth-order valence-electron chi connectivity index (χ4n) is 6.98. The number of ether oxygens (including phenoxy) is 2. The van der Waals surface area contributed by atoms with E-state index in [2.05, 4.69) is 55.0 Å². The number of cyclic esters (lactones) is 1. The van der Waals surface area contributed by atoms with Crippen molar-refractivity contribution in [1.82, 2.24) is 20.0 Å². The Balaban J connectivity index is 1.57. The zero-order valence-electron chi connectivity index (χ0n) is 27.9. The third-order valence-corrected chi connectivity index (χ3v) is 9.40. The number of phenolic OH excluding ortho intramolecular Hbond substituents is 1. The van der Waals surface area contributed by atoms with Gasteiger partial charge < -0.3 is 24.9 Å². The molecule has 248 valence electrons. The van der Waals surface area contributed by atoms with Crippen molar-refractivity contribution in [2.24, 2.45) is 11.1 Å². The Morgan fingerprint density at radius 1 is 1.17 bits per heavy atom. The lowest BCUT2D eigenvalue weighted by molar-refractivity contribution is -0.154. The number of aryl methyl sites for hydroxylation is 1. The van der Waals surface area contributed by atoms with Crippen LogP contribution in [0.15, 0.2) is 54.7 Å². The third kappa shape index (κ3) is 6.50. The summed E-state index contributed by atoms with van der Waals surface area (Å²) in [5.41, 5.74) is 16.7. The van der Waals surface area contributed by atoms with Crippen molar-refractivity contribution in [2.45, 2.75) is 78.1 Å². The van der Waals surface area contributed by atoms with Gasteiger partial charge in [0.05, 0.1) is 30.1 Å². The van der Waals surface area contributed by atoms with Crippen LogP contribution in [0.1, 0.15) is 63.5 Å². The summed E-state index contributed by atoms with van der Waals surface area (Å²) in [5, 5.41) is 13.3. The second-order valence-corrected chi connectivity index (χ2v) is 13.6. The maximum atomic E-state index is 13.4. The number of nitrogens with zero attached hydrogens (tertiary/aromatic N) is 3. The lowest BCUT2D eigenvalue weighted by Gasteiger charge is -2.35. The minimum atomic E-state index is -0.858. The Morgan fingerprint density at radius 3 is 2.74 bits per heavy atom. The first-order chi connectivity index (χ1) is 22.5. The topological polar surface area (TPSA) is 132 Å². The molecule has 0 unspecified atom stereocenters. The highest BCUT2D eigenvalue weighted by Crippen LogP contribution is 2.42. The number of carbonyl (C=O) groups excluding carboxylic acids is 2. The van der Waals surface area contributed by atoms with Crippen molar-refractivity contribution in [1.29, 1.82) is 0 Å². The second kappa shape index (κ2) is 13.1. The number of aromatic nitrogens is 2. The first kappa shape index (κ1) is 32.7. The van der Waals surface area contributed by atoms with E-state index in [1.807, 2.05) is 19.1 Å². The van der Waals surface area contributed by atoms with Crippen molar-refractivity contribution < 1.29 is 24.2 Å². The molecule has 0 saturated carbocycles. The number of rotatable bonds is 4. The number of nitrogens with two attached hydrogens (primary N) is 1. The number of hydrogen-bond donors (Lipinski definition) is 3. The van der Waals surface area contributed by atoms with Gasteiger partial charge in [-0.25, -0.2) is 5.43 Å². The molecule has 2 aliphatic rings. The van der Waals surface area contributed by atoms with Crippen LogP contribution in [-0.2, 0) is 38.4 Å². The molecule has 4 aromatic rings. The predicted octanol–water partition coefficient (Wildman–Crippen LogP) is 5.29. The largest absolute Gasteiger partial charge is 0.508 e. The molecule has 3 atom stereocenters. The summed E-state index contributed by atoms with van der Waals surface area (Å²) in [4.78, 5) is 31.5. The quantitative estimate of drug-likeness (QED) is 0.257. The lowest BCUT2D eigenvalue weighted by Crippen LogP contribution is -2.59. The van der Waals surface area contributed by atoms with Gasteiger partial charge >= 0.3 is 5.97 Å². The molecule has 0 aliphatic carbocycles. The van der Waals surface area contributed by atoms with Crippen LogP contribution in [0.2, 0.25) is 0 Å². The van der Waals surface area contributed by atoms with Crippen molar-refractivity contribution in [3.05, 3.63) is 71.5 Å². The Morgan fingerprint density at radius 2 is 1.98 bits per heavy atom. The van der Waals surface area contributed by atoms with Crippen LogP contribution in [0.25, 0.3) is 33.3 Å². The molecule has 1 fully saturated rings. The lowest BCUT2D eigenvalue weighted by atomic mass is 9.84. The summed E-state index contributed by atoms with van der Waals surface area (Å²) < 4.78 is 14.0. The van der Waals surface area contributed by atoms with Crippen LogP contribution >= 0.6 is 0 Å². The van der Waals surface area contributed by atoms with Crippen LogP contribution in [0.4, 0.5) is 0 Å². The number of amides is 1. The van der Waals surface area contributed by atoms with Gasteiger partial charge in [0.1, 0.15) is 11.8 Å². The average Bonchev–Trinajstić information content (AvgIpc) is 3.37. The molecule has 47 heavy (non-hydrogen) atoms. The van der Waals surface area contributed by atoms with E-state index in [1.54, 1.807) is 25.4 Å². The average molecular weight is 640 g/mol. The molecule has 2 aliphatic heterocycles. The molecular formula is C37H45N5O5. The fraction of sp³-hybridized carbons (Fsp3) is 0.432. The molecule has 6 bridgehead atoms. The predicted molar refractivity (Wildman–Crippen MR) is 181 cm³/mol. The first-order valence-electron chi connectivity index (χ1n) is 16.5. The fourth-order valence-corrected chi connectivity index (χ4v) is 6.98. The standard InChI is InChI=1S/C37H45N5O5/c1-6-41-32-12-11-24-19-28(32)29(34(41)27-9-7-13-39-33(27)22(2)46-5)20-37(3,4)21-47-36(45)31-10-8-14-42(40-31)35(44)30(38)17-23-15-25(24)18-26(43)16-23/h7,9,11-13,15-16,18-19,22,30-31,40,43H,6,8,10,14,17,20-21,38H2,1-5H3/t22-,30-,31-/m0/s1. The van der Waals surface area contributed by atoms with E-state index < -0.39 is 17.5 Å². The molecule has 6 rings (SSSR count). The first-order valence-corrected chi connectivity index (χ1v) is 16.5. The highest BCUT2D eigenvalue weighted by molar-refractivity contribution is 5.95. The van der Waals surface area contributed by atoms with Crippen LogP contribution in [0, 0.1) is 5.41 Å². The Bertz CT molecular complexity index is 1810. The summed E-state index contributed by atoms with van der Waals surface area (Å²) in [6.07, 6.45) is 3.62. The van der Waals surface area contributed by atoms with E-state index in [0.717, 1.165) is 56.7 Å². The van der Waals surface area contributed by atoms with Gasteiger partial charge in [-0.2, -0.15) is 0 Å². The normalized spacial score (nSPS) is 20.9. The summed E-state index contributed by atoms with van der Waals surface area (Å²) in [7, 11) is 1.69. The van der Waals surface area contributed by atoms with Gasteiger partial charge in [-0.05, 0) is 98.2 Å². The van der Waals surface area contributed by atoms with Gasteiger partial charge in [0.25, 0.3) is 5.91 Å². The van der Waals surface area contributed by atoms with Gasteiger partial charge in [0, 0.05) is 48.3 Å². The van der Waals surface area contributed by atoms with Crippen molar-refractivity contribution >= 4 is 22.8 Å². The SMILES string of the molecule is CCn1c(-c2cccnc2[C@H](C)OC)c2c3cc(ccc31)-c1cc(O)cc(c1)C[C@H](N)C(=O)N1CCC[C@H](N1)C(=O)OCC(C)(C)C2. The molecule has 10 nitrogen and oxygen atoms in total. The monoisotopic (exact) mass is 639 g/mol. The van der Waals surface area contributed by atoms with Gasteiger partial charge in [-0.3, -0.25) is 19.6 Å². The Labute approximate surface area is 275 Å². The molecular weight excluding hydrogens is 594 g/mol. The van der Waals surface area contributed by atoms with E-state index in [-0.39, 0.29) is 36.8 Å². The van der Waals surface area contributed by atoms with E-state index in [0.29, 0.717) is 25.8 Å².